The Labute approximate surface area is 128 Å². The van der Waals surface area contributed by atoms with Crippen LogP contribution in [0.25, 0.3) is 11.4 Å². The van der Waals surface area contributed by atoms with Crippen molar-refractivity contribution in [2.24, 2.45) is 0 Å². The van der Waals surface area contributed by atoms with Gasteiger partial charge in [0.15, 0.2) is 12.1 Å². The van der Waals surface area contributed by atoms with Crippen LogP contribution >= 0.6 is 0 Å². The number of rotatable bonds is 6. The molecule has 1 aliphatic heterocycles. The number of hydrogen-bond donors (Lipinski definition) is 0. The molecule has 2 aromatic rings. The van der Waals surface area contributed by atoms with Gasteiger partial charge in [-0.1, -0.05) is 35.5 Å². The summed E-state index contributed by atoms with van der Waals surface area (Å²) in [6, 6.07) is 9.54. The van der Waals surface area contributed by atoms with E-state index in [0.29, 0.717) is 25.4 Å². The molecule has 0 radical (unpaired) electrons. The van der Waals surface area contributed by atoms with Crippen molar-refractivity contribution in [3.63, 3.8) is 0 Å². The van der Waals surface area contributed by atoms with Crippen molar-refractivity contribution in [2.75, 3.05) is 13.2 Å². The zero-order valence-corrected chi connectivity index (χ0v) is 12.4. The fourth-order valence-corrected chi connectivity index (χ4v) is 2.54. The van der Waals surface area contributed by atoms with Gasteiger partial charge in [0.05, 0.1) is 6.61 Å². The van der Waals surface area contributed by atoms with Crippen LogP contribution in [0.2, 0.25) is 0 Å². The lowest BCUT2D eigenvalue weighted by Crippen LogP contribution is -2.23. The highest BCUT2D eigenvalue weighted by Gasteiger charge is 2.15. The molecule has 0 amide bonds. The molecule has 0 aliphatic carbocycles. The summed E-state index contributed by atoms with van der Waals surface area (Å²) in [7, 11) is 0. The van der Waals surface area contributed by atoms with Crippen molar-refractivity contribution in [1.82, 2.24) is 9.72 Å². The van der Waals surface area contributed by atoms with Gasteiger partial charge in [0.25, 0.3) is 0 Å². The second kappa shape index (κ2) is 7.38. The van der Waals surface area contributed by atoms with Gasteiger partial charge in [-0.05, 0) is 25.7 Å². The molecule has 6 heteroatoms. The third-order valence-electron chi connectivity index (χ3n) is 3.69. The Hall–Kier alpha value is -1.92. The van der Waals surface area contributed by atoms with Crippen LogP contribution < -0.4 is 5.76 Å². The standard InChI is InChI=1S/C16H20N2O4/c19-16-18(10-6-12-21-14-9-4-5-11-20-14)15(17-22-16)13-7-2-1-3-8-13/h1-3,7-8,14H,4-6,9-12H2/t14-/m1/s1. The monoisotopic (exact) mass is 304 g/mol. The second-order valence-electron chi connectivity index (χ2n) is 5.31. The molecule has 118 valence electrons. The SMILES string of the molecule is O=c1onc(-c2ccccc2)n1CCCO[C@@H]1CCCCO1. The predicted molar refractivity (Wildman–Crippen MR) is 80.4 cm³/mol. The number of aromatic nitrogens is 2. The molecule has 0 saturated carbocycles. The van der Waals surface area contributed by atoms with Crippen molar-refractivity contribution in [1.29, 1.82) is 0 Å². The molecule has 22 heavy (non-hydrogen) atoms. The van der Waals surface area contributed by atoms with E-state index in [2.05, 4.69) is 5.16 Å². The van der Waals surface area contributed by atoms with Crippen LogP contribution in [0.5, 0.6) is 0 Å². The molecule has 3 rings (SSSR count). The Morgan fingerprint density at radius 2 is 2.14 bits per heavy atom. The summed E-state index contributed by atoms with van der Waals surface area (Å²) in [4.78, 5) is 11.8. The Bertz CT molecular complexity index is 629. The minimum absolute atomic E-state index is 0.0958. The third-order valence-corrected chi connectivity index (χ3v) is 3.69. The second-order valence-corrected chi connectivity index (χ2v) is 5.31. The van der Waals surface area contributed by atoms with E-state index in [4.69, 9.17) is 14.0 Å². The van der Waals surface area contributed by atoms with Gasteiger partial charge in [0.1, 0.15) is 0 Å². The topological polar surface area (TPSA) is 66.5 Å². The van der Waals surface area contributed by atoms with Crippen LogP contribution in [0.15, 0.2) is 39.6 Å². The Kier molecular flexibility index (Phi) is 5.03. The highest BCUT2D eigenvalue weighted by atomic mass is 16.7. The normalized spacial score (nSPS) is 18.5. The highest BCUT2D eigenvalue weighted by Crippen LogP contribution is 2.16. The molecule has 1 atom stereocenters. The molecule has 1 fully saturated rings. The van der Waals surface area contributed by atoms with Crippen LogP contribution in [0.1, 0.15) is 25.7 Å². The first-order valence-corrected chi connectivity index (χ1v) is 7.70. The van der Waals surface area contributed by atoms with E-state index in [9.17, 15) is 4.79 Å². The molecular weight excluding hydrogens is 284 g/mol. The van der Waals surface area contributed by atoms with Crippen LogP contribution in [0.4, 0.5) is 0 Å². The minimum Gasteiger partial charge on any atom is -0.353 e. The number of ether oxygens (including phenoxy) is 2. The van der Waals surface area contributed by atoms with Crippen LogP contribution in [0.3, 0.4) is 0 Å². The zero-order chi connectivity index (χ0) is 15.2. The summed E-state index contributed by atoms with van der Waals surface area (Å²) in [5, 5.41) is 3.86. The summed E-state index contributed by atoms with van der Waals surface area (Å²) in [6.45, 7) is 1.84. The average Bonchev–Trinajstić information content (AvgIpc) is 2.94. The van der Waals surface area contributed by atoms with Gasteiger partial charge >= 0.3 is 5.76 Å². The van der Waals surface area contributed by atoms with Crippen LogP contribution in [-0.4, -0.2) is 29.2 Å². The average molecular weight is 304 g/mol. The Balaban J connectivity index is 1.56. The van der Waals surface area contributed by atoms with E-state index in [1.54, 1.807) is 4.57 Å². The summed E-state index contributed by atoms with van der Waals surface area (Å²) >= 11 is 0. The van der Waals surface area contributed by atoms with Gasteiger partial charge in [-0.25, -0.2) is 4.79 Å². The Morgan fingerprint density at radius 3 is 2.91 bits per heavy atom. The van der Waals surface area contributed by atoms with E-state index in [1.165, 1.54) is 0 Å². The first-order chi connectivity index (χ1) is 10.8. The maximum absolute atomic E-state index is 11.8. The van der Waals surface area contributed by atoms with Crippen molar-refractivity contribution >= 4 is 0 Å². The maximum atomic E-state index is 11.8. The molecule has 6 nitrogen and oxygen atoms in total. The zero-order valence-electron chi connectivity index (χ0n) is 12.4. The number of benzene rings is 1. The molecule has 0 unspecified atom stereocenters. The smallest absolute Gasteiger partial charge is 0.353 e. The third kappa shape index (κ3) is 3.64. The van der Waals surface area contributed by atoms with Crippen molar-refractivity contribution in [3.8, 4) is 11.4 Å². The molecule has 0 spiro atoms. The van der Waals surface area contributed by atoms with Gasteiger partial charge in [-0.2, -0.15) is 0 Å². The van der Waals surface area contributed by atoms with E-state index >= 15 is 0 Å². The van der Waals surface area contributed by atoms with Crippen molar-refractivity contribution in [3.05, 3.63) is 40.9 Å². The van der Waals surface area contributed by atoms with Crippen molar-refractivity contribution < 1.29 is 14.0 Å². The van der Waals surface area contributed by atoms with E-state index in [0.717, 1.165) is 31.4 Å². The quantitative estimate of drug-likeness (QED) is 0.767. The molecule has 0 bridgehead atoms. The van der Waals surface area contributed by atoms with Gasteiger partial charge in [-0.3, -0.25) is 9.09 Å². The molecule has 1 aliphatic rings. The molecule has 1 saturated heterocycles. The summed E-state index contributed by atoms with van der Waals surface area (Å²) in [5.41, 5.74) is 0.866. The van der Waals surface area contributed by atoms with Crippen molar-refractivity contribution in [2.45, 2.75) is 38.5 Å². The van der Waals surface area contributed by atoms with E-state index in [-0.39, 0.29) is 6.29 Å². The molecule has 1 aromatic carbocycles. The number of nitrogens with zero attached hydrogens (tertiary/aromatic N) is 2. The fourth-order valence-electron chi connectivity index (χ4n) is 2.54. The van der Waals surface area contributed by atoms with E-state index < -0.39 is 5.76 Å². The molecule has 1 aromatic heterocycles. The van der Waals surface area contributed by atoms with Crippen LogP contribution in [0, 0.1) is 0 Å². The molecule has 0 N–H and O–H groups in total. The lowest BCUT2D eigenvalue weighted by Gasteiger charge is -2.22. The predicted octanol–water partition coefficient (Wildman–Crippen LogP) is 2.44. The fraction of sp³-hybridized carbons (Fsp3) is 0.500. The lowest BCUT2D eigenvalue weighted by molar-refractivity contribution is -0.163. The summed E-state index contributed by atoms with van der Waals surface area (Å²) in [5.74, 6) is 0.118. The maximum Gasteiger partial charge on any atom is 0.441 e. The van der Waals surface area contributed by atoms with Gasteiger partial charge in [0.2, 0.25) is 0 Å². The first-order valence-electron chi connectivity index (χ1n) is 7.70. The molecule has 2 heterocycles. The highest BCUT2D eigenvalue weighted by molar-refractivity contribution is 5.54. The largest absolute Gasteiger partial charge is 0.441 e. The Morgan fingerprint density at radius 1 is 1.27 bits per heavy atom. The minimum atomic E-state index is -0.437. The first kappa shape index (κ1) is 15.0. The summed E-state index contributed by atoms with van der Waals surface area (Å²) in [6.07, 6.45) is 3.81. The van der Waals surface area contributed by atoms with E-state index in [1.807, 2.05) is 30.3 Å². The lowest BCUT2D eigenvalue weighted by atomic mass is 10.2. The van der Waals surface area contributed by atoms with Gasteiger partial charge in [0, 0.05) is 18.7 Å². The summed E-state index contributed by atoms with van der Waals surface area (Å²) < 4.78 is 17.5. The number of hydrogen-bond acceptors (Lipinski definition) is 5. The molecular formula is C16H20N2O4. The van der Waals surface area contributed by atoms with Crippen LogP contribution in [-0.2, 0) is 16.0 Å². The van der Waals surface area contributed by atoms with Gasteiger partial charge < -0.3 is 9.47 Å². The van der Waals surface area contributed by atoms with Gasteiger partial charge in [-0.15, -0.1) is 0 Å².